The van der Waals surface area contributed by atoms with Crippen LogP contribution in [0, 0.1) is 6.92 Å². The number of rotatable bonds is 2. The second-order valence-corrected chi connectivity index (χ2v) is 2.75. The Morgan fingerprint density at radius 1 is 1.27 bits per heavy atom. The quantitative estimate of drug-likeness (QED) is 0.659. The first kappa shape index (κ1) is 8.24. The van der Waals surface area contributed by atoms with Crippen LogP contribution in [0.2, 0.25) is 0 Å². The minimum atomic E-state index is -0.0180. The third-order valence-electron chi connectivity index (χ3n) is 1.76. The number of aryl methyl sites for hydroxylation is 1. The lowest BCUT2D eigenvalue weighted by atomic mass is 10.1. The van der Waals surface area contributed by atoms with Crippen molar-refractivity contribution in [2.24, 2.45) is 11.5 Å². The molecule has 1 atom stereocenters. The molecule has 11 heavy (non-hydrogen) atoms. The van der Waals surface area contributed by atoms with Crippen molar-refractivity contribution in [1.82, 2.24) is 0 Å². The van der Waals surface area contributed by atoms with Crippen LogP contribution in [0.25, 0.3) is 0 Å². The van der Waals surface area contributed by atoms with Gasteiger partial charge in [-0.1, -0.05) is 29.8 Å². The SMILES string of the molecule is Cc1ccc([C@@H](N)CN)cc1. The predicted octanol–water partition coefficient (Wildman–Crippen LogP) is 0.954. The molecule has 0 aliphatic heterocycles. The molecule has 0 aliphatic rings. The Labute approximate surface area is 67.2 Å². The van der Waals surface area contributed by atoms with E-state index in [0.29, 0.717) is 6.54 Å². The highest BCUT2D eigenvalue weighted by Crippen LogP contribution is 2.09. The fourth-order valence-corrected chi connectivity index (χ4v) is 0.950. The maximum absolute atomic E-state index is 5.72. The molecule has 0 aliphatic carbocycles. The van der Waals surface area contributed by atoms with Crippen LogP contribution < -0.4 is 11.5 Å². The molecule has 2 heteroatoms. The lowest BCUT2D eigenvalue weighted by Gasteiger charge is -2.08. The standard InChI is InChI=1S/C9H14N2/c1-7-2-4-8(5-3-7)9(11)6-10/h2-5,9H,6,10-11H2,1H3/t9-/m0/s1. The van der Waals surface area contributed by atoms with Crippen LogP contribution >= 0.6 is 0 Å². The van der Waals surface area contributed by atoms with Gasteiger partial charge in [0.2, 0.25) is 0 Å². The predicted molar refractivity (Wildman–Crippen MR) is 47.2 cm³/mol. The Kier molecular flexibility index (Phi) is 2.63. The summed E-state index contributed by atoms with van der Waals surface area (Å²) in [6.45, 7) is 2.56. The molecule has 0 bridgehead atoms. The average molecular weight is 150 g/mol. The van der Waals surface area contributed by atoms with Gasteiger partial charge in [0.25, 0.3) is 0 Å². The maximum atomic E-state index is 5.72. The molecule has 0 spiro atoms. The molecule has 2 nitrogen and oxygen atoms in total. The Balaban J connectivity index is 2.81. The molecule has 0 unspecified atom stereocenters. The third-order valence-corrected chi connectivity index (χ3v) is 1.76. The summed E-state index contributed by atoms with van der Waals surface area (Å²) in [4.78, 5) is 0. The van der Waals surface area contributed by atoms with Gasteiger partial charge in [-0.25, -0.2) is 0 Å². The van der Waals surface area contributed by atoms with Gasteiger partial charge in [-0.05, 0) is 12.5 Å². The topological polar surface area (TPSA) is 52.0 Å². The van der Waals surface area contributed by atoms with Gasteiger partial charge in [0, 0.05) is 12.6 Å². The Hall–Kier alpha value is -0.860. The highest BCUT2D eigenvalue weighted by molar-refractivity contribution is 5.23. The molecule has 4 N–H and O–H groups in total. The van der Waals surface area contributed by atoms with Crippen molar-refractivity contribution in [1.29, 1.82) is 0 Å². The van der Waals surface area contributed by atoms with Crippen LogP contribution in [0.1, 0.15) is 17.2 Å². The van der Waals surface area contributed by atoms with Gasteiger partial charge >= 0.3 is 0 Å². The fraction of sp³-hybridized carbons (Fsp3) is 0.333. The van der Waals surface area contributed by atoms with E-state index in [1.165, 1.54) is 5.56 Å². The van der Waals surface area contributed by atoms with Crippen LogP contribution in [0.3, 0.4) is 0 Å². The maximum Gasteiger partial charge on any atom is 0.0419 e. The molecule has 60 valence electrons. The molecule has 0 radical (unpaired) electrons. The van der Waals surface area contributed by atoms with E-state index < -0.39 is 0 Å². The number of hydrogen-bond donors (Lipinski definition) is 2. The molecule has 0 fully saturated rings. The highest BCUT2D eigenvalue weighted by Gasteiger charge is 2.00. The van der Waals surface area contributed by atoms with Crippen LogP contribution in [0.4, 0.5) is 0 Å². The minimum Gasteiger partial charge on any atom is -0.329 e. The summed E-state index contributed by atoms with van der Waals surface area (Å²) in [6, 6.07) is 8.12. The molecule has 0 amide bonds. The smallest absolute Gasteiger partial charge is 0.0419 e. The summed E-state index contributed by atoms with van der Waals surface area (Å²) in [6.07, 6.45) is 0. The van der Waals surface area contributed by atoms with Gasteiger partial charge in [-0.2, -0.15) is 0 Å². The lowest BCUT2D eigenvalue weighted by molar-refractivity contribution is 0.737. The molecule has 0 saturated carbocycles. The van der Waals surface area contributed by atoms with E-state index in [1.54, 1.807) is 0 Å². The van der Waals surface area contributed by atoms with Crippen LogP contribution in [0.5, 0.6) is 0 Å². The molecule has 1 aromatic rings. The van der Waals surface area contributed by atoms with E-state index in [4.69, 9.17) is 11.5 Å². The Morgan fingerprint density at radius 3 is 2.27 bits per heavy atom. The minimum absolute atomic E-state index is 0.0180. The van der Waals surface area contributed by atoms with Gasteiger partial charge in [-0.15, -0.1) is 0 Å². The van der Waals surface area contributed by atoms with E-state index in [2.05, 4.69) is 6.92 Å². The van der Waals surface area contributed by atoms with Crippen LogP contribution in [0.15, 0.2) is 24.3 Å². The number of hydrogen-bond acceptors (Lipinski definition) is 2. The van der Waals surface area contributed by atoms with Gasteiger partial charge in [-0.3, -0.25) is 0 Å². The second-order valence-electron chi connectivity index (χ2n) is 2.75. The van der Waals surface area contributed by atoms with Crippen molar-refractivity contribution in [2.75, 3.05) is 6.54 Å². The van der Waals surface area contributed by atoms with Gasteiger partial charge in [0.05, 0.1) is 0 Å². The molecular formula is C9H14N2. The second kappa shape index (κ2) is 3.51. The average Bonchev–Trinajstić information content (AvgIpc) is 2.05. The van der Waals surface area contributed by atoms with E-state index in [0.717, 1.165) is 5.56 Å². The largest absolute Gasteiger partial charge is 0.329 e. The summed E-state index contributed by atoms with van der Waals surface area (Å²) in [5.41, 5.74) is 13.5. The van der Waals surface area contributed by atoms with Crippen molar-refractivity contribution in [3.63, 3.8) is 0 Å². The summed E-state index contributed by atoms with van der Waals surface area (Å²) in [7, 11) is 0. The van der Waals surface area contributed by atoms with Crippen molar-refractivity contribution in [3.8, 4) is 0 Å². The lowest BCUT2D eigenvalue weighted by Crippen LogP contribution is -2.20. The highest BCUT2D eigenvalue weighted by atomic mass is 14.7. The Bertz CT molecular complexity index is 216. The molecule has 0 saturated heterocycles. The summed E-state index contributed by atoms with van der Waals surface area (Å²) in [5.74, 6) is 0. The summed E-state index contributed by atoms with van der Waals surface area (Å²) < 4.78 is 0. The first-order valence-corrected chi connectivity index (χ1v) is 3.76. The van der Waals surface area contributed by atoms with Crippen molar-refractivity contribution in [3.05, 3.63) is 35.4 Å². The van der Waals surface area contributed by atoms with E-state index in [1.807, 2.05) is 24.3 Å². The van der Waals surface area contributed by atoms with Crippen LogP contribution in [-0.2, 0) is 0 Å². The molecule has 1 aromatic carbocycles. The molecule has 0 heterocycles. The zero-order chi connectivity index (χ0) is 8.27. The zero-order valence-electron chi connectivity index (χ0n) is 6.75. The number of benzene rings is 1. The van der Waals surface area contributed by atoms with Gasteiger partial charge in [0.15, 0.2) is 0 Å². The van der Waals surface area contributed by atoms with Crippen molar-refractivity contribution in [2.45, 2.75) is 13.0 Å². The normalized spacial score (nSPS) is 13.0. The number of nitrogens with two attached hydrogens (primary N) is 2. The molecule has 0 aromatic heterocycles. The van der Waals surface area contributed by atoms with Crippen LogP contribution in [-0.4, -0.2) is 6.54 Å². The zero-order valence-corrected chi connectivity index (χ0v) is 6.75. The van der Waals surface area contributed by atoms with E-state index in [9.17, 15) is 0 Å². The first-order valence-electron chi connectivity index (χ1n) is 3.76. The van der Waals surface area contributed by atoms with E-state index >= 15 is 0 Å². The summed E-state index contributed by atoms with van der Waals surface area (Å²) >= 11 is 0. The monoisotopic (exact) mass is 150 g/mol. The van der Waals surface area contributed by atoms with E-state index in [-0.39, 0.29) is 6.04 Å². The fourth-order valence-electron chi connectivity index (χ4n) is 0.950. The van der Waals surface area contributed by atoms with Crippen molar-refractivity contribution >= 4 is 0 Å². The van der Waals surface area contributed by atoms with Gasteiger partial charge < -0.3 is 11.5 Å². The molecular weight excluding hydrogens is 136 g/mol. The van der Waals surface area contributed by atoms with Gasteiger partial charge in [0.1, 0.15) is 0 Å². The Morgan fingerprint density at radius 2 is 1.82 bits per heavy atom. The van der Waals surface area contributed by atoms with Crippen molar-refractivity contribution < 1.29 is 0 Å². The molecule has 1 rings (SSSR count). The first-order chi connectivity index (χ1) is 5.24. The third kappa shape index (κ3) is 2.03. The summed E-state index contributed by atoms with van der Waals surface area (Å²) in [5, 5.41) is 0.